The normalized spacial score (nSPS) is 27.5. The van der Waals surface area contributed by atoms with Gasteiger partial charge in [-0.2, -0.15) is 0 Å². The van der Waals surface area contributed by atoms with E-state index in [4.69, 9.17) is 17.3 Å². The Morgan fingerprint density at radius 3 is 2.44 bits per heavy atom. The monoisotopic (exact) mass is 237 g/mol. The molecule has 2 rings (SSSR count). The highest BCUT2D eigenvalue weighted by molar-refractivity contribution is 6.31. The molecule has 2 heteroatoms. The molecule has 1 aromatic rings. The van der Waals surface area contributed by atoms with Gasteiger partial charge in [0.25, 0.3) is 0 Å². The van der Waals surface area contributed by atoms with Crippen LogP contribution in [0.5, 0.6) is 0 Å². The largest absolute Gasteiger partial charge is 0.327 e. The topological polar surface area (TPSA) is 26.0 Å². The molecule has 1 aromatic carbocycles. The molecule has 0 aliphatic heterocycles. The zero-order valence-electron chi connectivity index (χ0n) is 10.0. The Balaban J connectivity index is 2.33. The molecular formula is C14H20ClN. The van der Waals surface area contributed by atoms with Crippen LogP contribution in [0.3, 0.4) is 0 Å². The molecule has 2 atom stereocenters. The molecule has 1 aliphatic carbocycles. The summed E-state index contributed by atoms with van der Waals surface area (Å²) in [6.07, 6.45) is 3.35. The van der Waals surface area contributed by atoms with E-state index in [1.54, 1.807) is 0 Å². The lowest BCUT2D eigenvalue weighted by Gasteiger charge is -2.55. The lowest BCUT2D eigenvalue weighted by Crippen LogP contribution is -2.55. The summed E-state index contributed by atoms with van der Waals surface area (Å²) in [5.41, 5.74) is 7.77. The Morgan fingerprint density at radius 2 is 1.94 bits per heavy atom. The van der Waals surface area contributed by atoms with Crippen LogP contribution < -0.4 is 5.73 Å². The van der Waals surface area contributed by atoms with Gasteiger partial charge in [0, 0.05) is 11.1 Å². The smallest absolute Gasteiger partial charge is 0.0441 e. The fourth-order valence-corrected chi connectivity index (χ4v) is 3.55. The third kappa shape index (κ3) is 1.57. The first-order chi connectivity index (χ1) is 7.65. The van der Waals surface area contributed by atoms with Crippen LogP contribution in [0.15, 0.2) is 24.3 Å². The predicted molar refractivity (Wildman–Crippen MR) is 69.8 cm³/mol. The molecule has 1 nitrogen and oxygen atoms in total. The maximum absolute atomic E-state index is 6.28. The summed E-state index contributed by atoms with van der Waals surface area (Å²) in [6.45, 7) is 4.48. The second kappa shape index (κ2) is 4.38. The average molecular weight is 238 g/mol. The van der Waals surface area contributed by atoms with E-state index >= 15 is 0 Å². The summed E-state index contributed by atoms with van der Waals surface area (Å²) in [6, 6.07) is 8.53. The number of halogens is 1. The lowest BCUT2D eigenvalue weighted by molar-refractivity contribution is 0.0438. The first-order valence-corrected chi connectivity index (χ1v) is 6.53. The van der Waals surface area contributed by atoms with Gasteiger partial charge in [-0.25, -0.2) is 0 Å². The van der Waals surface area contributed by atoms with Crippen molar-refractivity contribution >= 4 is 11.6 Å². The summed E-state index contributed by atoms with van der Waals surface area (Å²) in [7, 11) is 0. The van der Waals surface area contributed by atoms with E-state index < -0.39 is 0 Å². The number of hydrogen-bond acceptors (Lipinski definition) is 1. The quantitative estimate of drug-likeness (QED) is 0.846. The molecule has 1 aliphatic rings. The van der Waals surface area contributed by atoms with E-state index in [2.05, 4.69) is 26.0 Å². The van der Waals surface area contributed by atoms with Gasteiger partial charge in [-0.15, -0.1) is 0 Å². The zero-order chi connectivity index (χ0) is 11.8. The molecule has 2 N–H and O–H groups in total. The van der Waals surface area contributed by atoms with Crippen molar-refractivity contribution in [1.29, 1.82) is 0 Å². The Bertz CT molecular complexity index is 371. The van der Waals surface area contributed by atoms with Gasteiger partial charge < -0.3 is 5.73 Å². The molecule has 0 aromatic heterocycles. The third-order valence-corrected chi connectivity index (χ3v) is 4.86. The molecule has 1 fully saturated rings. The van der Waals surface area contributed by atoms with Crippen molar-refractivity contribution in [1.82, 2.24) is 0 Å². The van der Waals surface area contributed by atoms with Crippen molar-refractivity contribution in [2.75, 3.05) is 0 Å². The minimum absolute atomic E-state index is 0.269. The van der Waals surface area contributed by atoms with Crippen LogP contribution in [0.2, 0.25) is 5.02 Å². The number of benzene rings is 1. The number of rotatable bonds is 3. The molecular weight excluding hydrogens is 218 g/mol. The van der Waals surface area contributed by atoms with Gasteiger partial charge in [-0.3, -0.25) is 0 Å². The van der Waals surface area contributed by atoms with E-state index in [1.165, 1.54) is 5.56 Å². The van der Waals surface area contributed by atoms with Crippen LogP contribution in [0.1, 0.15) is 44.6 Å². The molecule has 1 saturated carbocycles. The van der Waals surface area contributed by atoms with Gasteiger partial charge in [0.2, 0.25) is 0 Å². The molecule has 0 spiro atoms. The summed E-state index contributed by atoms with van der Waals surface area (Å²) in [4.78, 5) is 0. The van der Waals surface area contributed by atoms with Gasteiger partial charge in [0.05, 0.1) is 0 Å². The zero-order valence-corrected chi connectivity index (χ0v) is 10.8. The van der Waals surface area contributed by atoms with Gasteiger partial charge in [-0.1, -0.05) is 43.6 Å². The number of hydrogen-bond donors (Lipinski definition) is 1. The lowest BCUT2D eigenvalue weighted by atomic mass is 9.52. The molecule has 16 heavy (non-hydrogen) atoms. The molecule has 0 saturated heterocycles. The first-order valence-electron chi connectivity index (χ1n) is 6.15. The van der Waals surface area contributed by atoms with Gasteiger partial charge >= 0.3 is 0 Å². The van der Waals surface area contributed by atoms with Crippen LogP contribution in [-0.4, -0.2) is 6.04 Å². The highest BCUT2D eigenvalue weighted by atomic mass is 35.5. The van der Waals surface area contributed by atoms with E-state index in [9.17, 15) is 0 Å². The Labute approximate surface area is 103 Å². The van der Waals surface area contributed by atoms with Gasteiger partial charge in [0.15, 0.2) is 0 Å². The van der Waals surface area contributed by atoms with E-state index in [1.807, 2.05) is 12.1 Å². The van der Waals surface area contributed by atoms with Crippen LogP contribution in [-0.2, 0) is 0 Å². The van der Waals surface area contributed by atoms with Crippen molar-refractivity contribution in [3.8, 4) is 0 Å². The highest BCUT2D eigenvalue weighted by Gasteiger charge is 2.51. The van der Waals surface area contributed by atoms with Crippen molar-refractivity contribution in [2.24, 2.45) is 11.1 Å². The summed E-state index contributed by atoms with van der Waals surface area (Å²) in [5.74, 6) is 0.547. The minimum Gasteiger partial charge on any atom is -0.327 e. The Hall–Kier alpha value is -0.530. The standard InChI is InChI=1S/C14H20ClN/c1-3-14(4-2)11(9-13(14)16)10-7-5-6-8-12(10)15/h5-8,11,13H,3-4,9,16H2,1-2H3. The predicted octanol–water partition coefficient (Wildman–Crippen LogP) is 3.96. The Kier molecular flexibility index (Phi) is 3.27. The summed E-state index contributed by atoms with van der Waals surface area (Å²) in [5, 5.41) is 0.894. The fraction of sp³-hybridized carbons (Fsp3) is 0.571. The van der Waals surface area contributed by atoms with Crippen LogP contribution in [0.25, 0.3) is 0 Å². The third-order valence-electron chi connectivity index (χ3n) is 4.52. The maximum Gasteiger partial charge on any atom is 0.0441 e. The molecule has 88 valence electrons. The van der Waals surface area contributed by atoms with Crippen LogP contribution >= 0.6 is 11.6 Å². The van der Waals surface area contributed by atoms with Crippen molar-refractivity contribution in [3.63, 3.8) is 0 Å². The van der Waals surface area contributed by atoms with E-state index in [-0.39, 0.29) is 5.41 Å². The summed E-state index contributed by atoms with van der Waals surface area (Å²) >= 11 is 6.28. The fourth-order valence-electron chi connectivity index (χ4n) is 3.28. The van der Waals surface area contributed by atoms with Crippen molar-refractivity contribution in [3.05, 3.63) is 34.9 Å². The number of nitrogens with two attached hydrogens (primary N) is 1. The molecule has 0 bridgehead atoms. The Morgan fingerprint density at radius 1 is 1.31 bits per heavy atom. The SMILES string of the molecule is CCC1(CC)C(N)CC1c1ccccc1Cl. The molecule has 0 radical (unpaired) electrons. The first kappa shape index (κ1) is 11.9. The summed E-state index contributed by atoms with van der Waals surface area (Å²) < 4.78 is 0. The molecule has 2 unspecified atom stereocenters. The van der Waals surface area contributed by atoms with Gasteiger partial charge in [0.1, 0.15) is 0 Å². The van der Waals surface area contributed by atoms with E-state index in [0.29, 0.717) is 12.0 Å². The minimum atomic E-state index is 0.269. The highest BCUT2D eigenvalue weighted by Crippen LogP contribution is 2.57. The average Bonchev–Trinajstić information content (AvgIpc) is 2.29. The van der Waals surface area contributed by atoms with E-state index in [0.717, 1.165) is 24.3 Å². The maximum atomic E-state index is 6.28. The van der Waals surface area contributed by atoms with Crippen molar-refractivity contribution < 1.29 is 0 Å². The van der Waals surface area contributed by atoms with Crippen LogP contribution in [0, 0.1) is 5.41 Å². The second-order valence-electron chi connectivity index (χ2n) is 4.86. The van der Waals surface area contributed by atoms with Gasteiger partial charge in [-0.05, 0) is 42.2 Å². The van der Waals surface area contributed by atoms with Crippen LogP contribution in [0.4, 0.5) is 0 Å². The van der Waals surface area contributed by atoms with Crippen molar-refractivity contribution in [2.45, 2.75) is 45.1 Å². The molecule has 0 amide bonds. The molecule has 0 heterocycles. The second-order valence-corrected chi connectivity index (χ2v) is 5.26.